The van der Waals surface area contributed by atoms with E-state index in [1.165, 1.54) is 13.2 Å². The normalized spacial score (nSPS) is 10.4. The van der Waals surface area contributed by atoms with E-state index in [1.807, 2.05) is 30.3 Å². The van der Waals surface area contributed by atoms with Gasteiger partial charge in [0.1, 0.15) is 11.5 Å². The molecule has 2 aromatic carbocycles. The van der Waals surface area contributed by atoms with Gasteiger partial charge in [-0.05, 0) is 12.1 Å². The van der Waals surface area contributed by atoms with E-state index in [0.29, 0.717) is 28.0 Å². The van der Waals surface area contributed by atoms with Crippen molar-refractivity contribution in [1.29, 1.82) is 0 Å². The number of methoxy groups -OCH3 is 2. The molecule has 8 heteroatoms. The van der Waals surface area contributed by atoms with E-state index < -0.39 is 0 Å². The molecular formula is C20H19N3O4S. The summed E-state index contributed by atoms with van der Waals surface area (Å²) in [7, 11) is 3.07. The maximum absolute atomic E-state index is 12.3. The second kappa shape index (κ2) is 9.09. The van der Waals surface area contributed by atoms with Crippen LogP contribution in [0.5, 0.6) is 11.5 Å². The third kappa shape index (κ3) is 4.92. The van der Waals surface area contributed by atoms with Gasteiger partial charge in [0.05, 0.1) is 31.4 Å². The molecule has 7 nitrogen and oxygen atoms in total. The Kier molecular flexibility index (Phi) is 6.33. The van der Waals surface area contributed by atoms with Gasteiger partial charge in [-0.25, -0.2) is 4.98 Å². The molecular weight excluding hydrogens is 378 g/mol. The van der Waals surface area contributed by atoms with Gasteiger partial charge >= 0.3 is 0 Å². The molecule has 0 atom stereocenters. The maximum atomic E-state index is 12.3. The third-order valence-electron chi connectivity index (χ3n) is 3.81. The predicted octanol–water partition coefficient (Wildman–Crippen LogP) is 3.18. The Bertz CT molecular complexity index is 1020. The molecule has 0 fully saturated rings. The number of benzene rings is 2. The summed E-state index contributed by atoms with van der Waals surface area (Å²) < 4.78 is 10.4. The number of H-pyrrole nitrogens is 1. The monoisotopic (exact) mass is 397 g/mol. The molecule has 0 saturated carbocycles. The highest BCUT2D eigenvalue weighted by Gasteiger charge is 2.11. The quantitative estimate of drug-likeness (QED) is 0.470. The van der Waals surface area contributed by atoms with Gasteiger partial charge in [0.2, 0.25) is 5.91 Å². The molecule has 1 heterocycles. The molecule has 144 valence electrons. The lowest BCUT2D eigenvalue weighted by atomic mass is 10.1. The number of anilines is 1. The van der Waals surface area contributed by atoms with Crippen molar-refractivity contribution in [2.24, 2.45) is 0 Å². The van der Waals surface area contributed by atoms with Crippen molar-refractivity contribution >= 4 is 23.4 Å². The topological polar surface area (TPSA) is 93.3 Å². The minimum atomic E-state index is -0.270. The Balaban J connectivity index is 1.68. The van der Waals surface area contributed by atoms with Gasteiger partial charge in [0.25, 0.3) is 5.56 Å². The number of hydrogen-bond acceptors (Lipinski definition) is 6. The second-order valence-corrected chi connectivity index (χ2v) is 6.67. The van der Waals surface area contributed by atoms with E-state index in [2.05, 4.69) is 15.3 Å². The highest BCUT2D eigenvalue weighted by molar-refractivity contribution is 7.99. The zero-order chi connectivity index (χ0) is 19.9. The molecule has 0 aliphatic rings. The van der Waals surface area contributed by atoms with Gasteiger partial charge in [-0.2, -0.15) is 0 Å². The van der Waals surface area contributed by atoms with Crippen LogP contribution in [0.4, 0.5) is 5.69 Å². The fourth-order valence-corrected chi connectivity index (χ4v) is 3.16. The van der Waals surface area contributed by atoms with E-state index in [1.54, 1.807) is 25.3 Å². The number of aromatic nitrogens is 2. The van der Waals surface area contributed by atoms with Crippen molar-refractivity contribution in [3.05, 3.63) is 65.0 Å². The lowest BCUT2D eigenvalue weighted by Gasteiger charge is -2.11. The van der Waals surface area contributed by atoms with Crippen LogP contribution < -0.4 is 20.3 Å². The number of carbonyl (C=O) groups excluding carboxylic acids is 1. The van der Waals surface area contributed by atoms with Crippen LogP contribution in [0.3, 0.4) is 0 Å². The molecule has 0 saturated heterocycles. The minimum absolute atomic E-state index is 0.0797. The van der Waals surface area contributed by atoms with Crippen LogP contribution in [-0.4, -0.2) is 35.8 Å². The molecule has 0 aliphatic heterocycles. The summed E-state index contributed by atoms with van der Waals surface area (Å²) >= 11 is 1.15. The maximum Gasteiger partial charge on any atom is 0.252 e. The van der Waals surface area contributed by atoms with Crippen molar-refractivity contribution < 1.29 is 14.3 Å². The van der Waals surface area contributed by atoms with Crippen LogP contribution in [0.2, 0.25) is 0 Å². The van der Waals surface area contributed by atoms with Crippen molar-refractivity contribution in [3.8, 4) is 22.8 Å². The smallest absolute Gasteiger partial charge is 0.252 e. The number of thioether (sulfide) groups is 1. The van der Waals surface area contributed by atoms with Crippen molar-refractivity contribution in [3.63, 3.8) is 0 Å². The number of carbonyl (C=O) groups is 1. The third-order valence-corrected chi connectivity index (χ3v) is 4.69. The highest BCUT2D eigenvalue weighted by atomic mass is 32.2. The summed E-state index contributed by atoms with van der Waals surface area (Å²) in [5, 5.41) is 3.16. The molecule has 1 amide bonds. The van der Waals surface area contributed by atoms with Crippen LogP contribution >= 0.6 is 11.8 Å². The van der Waals surface area contributed by atoms with Gasteiger partial charge in [0.15, 0.2) is 5.16 Å². The number of ether oxygens (including phenoxy) is 2. The summed E-state index contributed by atoms with van der Waals surface area (Å²) in [6, 6.07) is 15.9. The van der Waals surface area contributed by atoms with E-state index in [-0.39, 0.29) is 17.2 Å². The predicted molar refractivity (Wildman–Crippen MR) is 109 cm³/mol. The van der Waals surface area contributed by atoms with Gasteiger partial charge in [0, 0.05) is 17.7 Å². The van der Waals surface area contributed by atoms with E-state index >= 15 is 0 Å². The van der Waals surface area contributed by atoms with Crippen LogP contribution in [0.25, 0.3) is 11.3 Å². The minimum Gasteiger partial charge on any atom is -0.497 e. The van der Waals surface area contributed by atoms with Crippen LogP contribution in [0.15, 0.2) is 64.5 Å². The molecule has 2 N–H and O–H groups in total. The Hall–Kier alpha value is -3.26. The SMILES string of the molecule is COc1ccc(NC(=O)CSc2nc(-c3ccccc3)cc(=O)[nH]2)c(OC)c1. The highest BCUT2D eigenvalue weighted by Crippen LogP contribution is 2.29. The van der Waals surface area contributed by atoms with Crippen LogP contribution in [0, 0.1) is 0 Å². The Labute approximate surface area is 166 Å². The lowest BCUT2D eigenvalue weighted by Crippen LogP contribution is -2.16. The summed E-state index contributed by atoms with van der Waals surface area (Å²) in [6.07, 6.45) is 0. The fourth-order valence-electron chi connectivity index (χ4n) is 2.48. The first-order valence-corrected chi connectivity index (χ1v) is 9.39. The van der Waals surface area contributed by atoms with Gasteiger partial charge in [-0.1, -0.05) is 42.1 Å². The van der Waals surface area contributed by atoms with Crippen molar-refractivity contribution in [1.82, 2.24) is 9.97 Å². The zero-order valence-electron chi connectivity index (χ0n) is 15.4. The Morgan fingerprint density at radius 1 is 1.11 bits per heavy atom. The zero-order valence-corrected chi connectivity index (χ0v) is 16.2. The first kappa shape index (κ1) is 19.5. The fraction of sp³-hybridized carbons (Fsp3) is 0.150. The lowest BCUT2D eigenvalue weighted by molar-refractivity contribution is -0.113. The molecule has 3 rings (SSSR count). The molecule has 0 unspecified atom stereocenters. The number of nitrogens with zero attached hydrogens (tertiary/aromatic N) is 1. The summed E-state index contributed by atoms with van der Waals surface area (Å²) in [4.78, 5) is 31.3. The van der Waals surface area contributed by atoms with Gasteiger partial charge in [-0.3, -0.25) is 9.59 Å². The number of aromatic amines is 1. The Morgan fingerprint density at radius 3 is 2.61 bits per heavy atom. The second-order valence-electron chi connectivity index (χ2n) is 5.70. The number of nitrogens with one attached hydrogen (secondary N) is 2. The first-order valence-electron chi connectivity index (χ1n) is 8.40. The number of rotatable bonds is 7. The van der Waals surface area contributed by atoms with Gasteiger partial charge in [-0.15, -0.1) is 0 Å². The standard InChI is InChI=1S/C20H19N3O4S/c1-26-14-8-9-15(17(10-14)27-2)21-19(25)12-28-20-22-16(11-18(24)23-20)13-6-4-3-5-7-13/h3-11H,12H2,1-2H3,(H,21,25)(H,22,23,24). The summed E-state index contributed by atoms with van der Waals surface area (Å²) in [6.45, 7) is 0. The molecule has 0 radical (unpaired) electrons. The average molecular weight is 397 g/mol. The van der Waals surface area contributed by atoms with Crippen molar-refractivity contribution in [2.45, 2.75) is 5.16 Å². The molecule has 0 aliphatic carbocycles. The number of hydrogen-bond donors (Lipinski definition) is 2. The largest absolute Gasteiger partial charge is 0.497 e. The molecule has 28 heavy (non-hydrogen) atoms. The Morgan fingerprint density at radius 2 is 1.89 bits per heavy atom. The van der Waals surface area contributed by atoms with E-state index in [4.69, 9.17) is 9.47 Å². The molecule has 0 spiro atoms. The average Bonchev–Trinajstić information content (AvgIpc) is 2.73. The first-order chi connectivity index (χ1) is 13.6. The molecule has 0 bridgehead atoms. The summed E-state index contributed by atoms with van der Waals surface area (Å²) in [5.74, 6) is 0.955. The van der Waals surface area contributed by atoms with Crippen molar-refractivity contribution in [2.75, 3.05) is 25.3 Å². The van der Waals surface area contributed by atoms with Crippen LogP contribution in [-0.2, 0) is 4.79 Å². The van der Waals surface area contributed by atoms with Crippen LogP contribution in [0.1, 0.15) is 0 Å². The van der Waals surface area contributed by atoms with E-state index in [0.717, 1.165) is 17.3 Å². The molecule has 1 aromatic heterocycles. The molecule has 3 aromatic rings. The summed E-state index contributed by atoms with van der Waals surface area (Å²) in [5.41, 5.74) is 1.66. The number of amides is 1. The van der Waals surface area contributed by atoms with Gasteiger partial charge < -0.3 is 19.8 Å². The van der Waals surface area contributed by atoms with E-state index in [9.17, 15) is 9.59 Å².